The lowest BCUT2D eigenvalue weighted by Gasteiger charge is -2.33. The Labute approximate surface area is 135 Å². The normalized spacial score (nSPS) is 18.8. The molecular formula is C17H21FN4O. The Bertz CT molecular complexity index is 635. The molecule has 1 saturated heterocycles. The van der Waals surface area contributed by atoms with Crippen molar-refractivity contribution in [3.8, 4) is 0 Å². The van der Waals surface area contributed by atoms with E-state index in [0.29, 0.717) is 6.61 Å². The summed E-state index contributed by atoms with van der Waals surface area (Å²) in [5, 5.41) is 3.06. The van der Waals surface area contributed by atoms with Gasteiger partial charge in [-0.05, 0) is 24.1 Å². The number of rotatable bonds is 5. The third-order valence-electron chi connectivity index (χ3n) is 4.05. The molecule has 1 aromatic carbocycles. The summed E-state index contributed by atoms with van der Waals surface area (Å²) < 4.78 is 18.8. The van der Waals surface area contributed by atoms with Crippen LogP contribution in [0.1, 0.15) is 17.4 Å². The first-order valence-corrected chi connectivity index (χ1v) is 7.83. The number of anilines is 1. The van der Waals surface area contributed by atoms with E-state index in [1.807, 2.05) is 19.2 Å². The Morgan fingerprint density at radius 2 is 2.04 bits per heavy atom. The molecule has 1 fully saturated rings. The first kappa shape index (κ1) is 15.8. The first-order valence-electron chi connectivity index (χ1n) is 7.83. The molecule has 1 aliphatic rings. The summed E-state index contributed by atoms with van der Waals surface area (Å²) in [4.78, 5) is 11.1. The zero-order valence-electron chi connectivity index (χ0n) is 13.2. The number of ether oxygens (including phenoxy) is 1. The first-order chi connectivity index (χ1) is 11.3. The smallest absolute Gasteiger partial charge is 0.150 e. The number of halogens is 1. The fraction of sp³-hybridized carbons (Fsp3) is 0.412. The molecular weight excluding hydrogens is 295 g/mol. The quantitative estimate of drug-likeness (QED) is 0.917. The molecule has 0 radical (unpaired) electrons. The summed E-state index contributed by atoms with van der Waals surface area (Å²) in [5.74, 6) is 0.570. The predicted octanol–water partition coefficient (Wildman–Crippen LogP) is 2.27. The summed E-state index contributed by atoms with van der Waals surface area (Å²) in [7, 11) is 1.84. The number of aromatic nitrogens is 2. The van der Waals surface area contributed by atoms with Crippen LogP contribution in [0.25, 0.3) is 0 Å². The number of hydrogen-bond donors (Lipinski definition) is 1. The Kier molecular flexibility index (Phi) is 5.15. The Morgan fingerprint density at radius 3 is 2.83 bits per heavy atom. The molecule has 0 amide bonds. The molecule has 1 aliphatic heterocycles. The second-order valence-corrected chi connectivity index (χ2v) is 5.58. The summed E-state index contributed by atoms with van der Waals surface area (Å²) in [6, 6.07) is 6.70. The highest BCUT2D eigenvalue weighted by atomic mass is 19.1. The minimum absolute atomic E-state index is 0.0758. The van der Waals surface area contributed by atoms with Crippen LogP contribution in [0.4, 0.5) is 10.2 Å². The van der Waals surface area contributed by atoms with Gasteiger partial charge in [0.05, 0.1) is 6.61 Å². The van der Waals surface area contributed by atoms with E-state index in [4.69, 9.17) is 4.74 Å². The van der Waals surface area contributed by atoms with Gasteiger partial charge in [0.15, 0.2) is 0 Å². The zero-order valence-corrected chi connectivity index (χ0v) is 13.2. The van der Waals surface area contributed by atoms with Gasteiger partial charge in [-0.2, -0.15) is 0 Å². The van der Waals surface area contributed by atoms with Crippen LogP contribution in [0.5, 0.6) is 0 Å². The monoisotopic (exact) mass is 316 g/mol. The van der Waals surface area contributed by atoms with Crippen molar-refractivity contribution in [2.45, 2.75) is 12.5 Å². The molecule has 1 atom stereocenters. The number of nitrogens with zero attached hydrogens (tertiary/aromatic N) is 3. The van der Waals surface area contributed by atoms with Crippen LogP contribution >= 0.6 is 0 Å². The molecule has 0 saturated carbocycles. The largest absolute Gasteiger partial charge is 0.372 e. The Hall–Kier alpha value is -2.05. The second kappa shape index (κ2) is 7.48. The number of morpholine rings is 1. The SMILES string of the molecule is CNc1nccnc1[C@@H]1CN(CCc2ccc(F)cc2)CCO1. The van der Waals surface area contributed by atoms with E-state index >= 15 is 0 Å². The van der Waals surface area contributed by atoms with Crippen LogP contribution in [0, 0.1) is 5.82 Å². The summed E-state index contributed by atoms with van der Waals surface area (Å²) >= 11 is 0. The van der Waals surface area contributed by atoms with Crippen molar-refractivity contribution in [1.29, 1.82) is 0 Å². The maximum atomic E-state index is 12.9. The Morgan fingerprint density at radius 1 is 1.26 bits per heavy atom. The third-order valence-corrected chi connectivity index (χ3v) is 4.05. The van der Waals surface area contributed by atoms with Gasteiger partial charge in [-0.25, -0.2) is 9.37 Å². The second-order valence-electron chi connectivity index (χ2n) is 5.58. The maximum absolute atomic E-state index is 12.9. The fourth-order valence-electron chi connectivity index (χ4n) is 2.79. The molecule has 3 rings (SSSR count). The van der Waals surface area contributed by atoms with E-state index < -0.39 is 0 Å². The van der Waals surface area contributed by atoms with E-state index in [0.717, 1.165) is 43.1 Å². The molecule has 1 N–H and O–H groups in total. The van der Waals surface area contributed by atoms with Crippen molar-refractivity contribution in [2.75, 3.05) is 38.6 Å². The highest BCUT2D eigenvalue weighted by molar-refractivity contribution is 5.40. The standard InChI is InChI=1S/C17H21FN4O/c1-19-17-16(20-7-8-21-17)15-12-22(10-11-23-15)9-6-13-2-4-14(18)5-3-13/h2-5,7-8,15H,6,9-12H2,1H3,(H,19,21)/t15-/m0/s1. The molecule has 6 heteroatoms. The minimum Gasteiger partial charge on any atom is -0.372 e. The lowest BCUT2D eigenvalue weighted by atomic mass is 10.1. The van der Waals surface area contributed by atoms with E-state index in [-0.39, 0.29) is 11.9 Å². The average Bonchev–Trinajstić information content (AvgIpc) is 2.61. The van der Waals surface area contributed by atoms with Crippen molar-refractivity contribution in [3.05, 3.63) is 53.7 Å². The molecule has 2 heterocycles. The lowest BCUT2D eigenvalue weighted by Crippen LogP contribution is -2.39. The van der Waals surface area contributed by atoms with Crippen LogP contribution in [-0.4, -0.2) is 48.2 Å². The van der Waals surface area contributed by atoms with Crippen LogP contribution < -0.4 is 5.32 Å². The number of hydrogen-bond acceptors (Lipinski definition) is 5. The van der Waals surface area contributed by atoms with E-state index in [9.17, 15) is 4.39 Å². The van der Waals surface area contributed by atoms with Crippen LogP contribution in [0.3, 0.4) is 0 Å². The van der Waals surface area contributed by atoms with E-state index in [1.54, 1.807) is 12.4 Å². The van der Waals surface area contributed by atoms with Gasteiger partial charge in [-0.15, -0.1) is 0 Å². The van der Waals surface area contributed by atoms with Gasteiger partial charge in [0.1, 0.15) is 23.4 Å². The van der Waals surface area contributed by atoms with Gasteiger partial charge >= 0.3 is 0 Å². The molecule has 2 aromatic rings. The highest BCUT2D eigenvalue weighted by Crippen LogP contribution is 2.25. The number of nitrogens with one attached hydrogen (secondary N) is 1. The molecule has 0 aliphatic carbocycles. The van der Waals surface area contributed by atoms with Gasteiger partial charge < -0.3 is 10.1 Å². The average molecular weight is 316 g/mol. The summed E-state index contributed by atoms with van der Waals surface area (Å²) in [5.41, 5.74) is 1.99. The summed E-state index contributed by atoms with van der Waals surface area (Å²) in [6.45, 7) is 3.27. The van der Waals surface area contributed by atoms with Crippen LogP contribution in [0.2, 0.25) is 0 Å². The van der Waals surface area contributed by atoms with Gasteiger partial charge in [-0.1, -0.05) is 12.1 Å². The fourth-order valence-corrected chi connectivity index (χ4v) is 2.79. The molecule has 0 spiro atoms. The minimum atomic E-state index is -0.192. The van der Waals surface area contributed by atoms with Gasteiger partial charge in [-0.3, -0.25) is 9.88 Å². The third kappa shape index (κ3) is 4.03. The molecule has 122 valence electrons. The summed E-state index contributed by atoms with van der Waals surface area (Å²) in [6.07, 6.45) is 4.18. The van der Waals surface area contributed by atoms with E-state index in [2.05, 4.69) is 20.2 Å². The van der Waals surface area contributed by atoms with Crippen molar-refractivity contribution >= 4 is 5.82 Å². The molecule has 0 unspecified atom stereocenters. The van der Waals surface area contributed by atoms with Gasteiger partial charge in [0.2, 0.25) is 0 Å². The van der Waals surface area contributed by atoms with Crippen molar-refractivity contribution < 1.29 is 9.13 Å². The Balaban J connectivity index is 1.60. The van der Waals surface area contributed by atoms with Crippen LogP contribution in [0.15, 0.2) is 36.7 Å². The predicted molar refractivity (Wildman–Crippen MR) is 86.8 cm³/mol. The lowest BCUT2D eigenvalue weighted by molar-refractivity contribution is -0.0314. The van der Waals surface area contributed by atoms with Crippen LogP contribution in [-0.2, 0) is 11.2 Å². The molecule has 5 nitrogen and oxygen atoms in total. The highest BCUT2D eigenvalue weighted by Gasteiger charge is 2.25. The van der Waals surface area contributed by atoms with Gasteiger partial charge in [0, 0.05) is 39.1 Å². The van der Waals surface area contributed by atoms with E-state index in [1.165, 1.54) is 12.1 Å². The maximum Gasteiger partial charge on any atom is 0.150 e. The number of benzene rings is 1. The topological polar surface area (TPSA) is 50.3 Å². The molecule has 1 aromatic heterocycles. The molecule has 0 bridgehead atoms. The van der Waals surface area contributed by atoms with Crippen molar-refractivity contribution in [2.24, 2.45) is 0 Å². The van der Waals surface area contributed by atoms with Gasteiger partial charge in [0.25, 0.3) is 0 Å². The van der Waals surface area contributed by atoms with Crippen molar-refractivity contribution in [3.63, 3.8) is 0 Å². The van der Waals surface area contributed by atoms with Crippen molar-refractivity contribution in [1.82, 2.24) is 14.9 Å². The molecule has 23 heavy (non-hydrogen) atoms. The zero-order chi connectivity index (χ0) is 16.1.